The monoisotopic (exact) mass is 293 g/mol. The van der Waals surface area contributed by atoms with Gasteiger partial charge in [0, 0.05) is 12.6 Å². The molecule has 1 atom stereocenters. The van der Waals surface area contributed by atoms with Gasteiger partial charge in [-0.1, -0.05) is 12.8 Å². The summed E-state index contributed by atoms with van der Waals surface area (Å²) in [5.74, 6) is 0.741. The Morgan fingerprint density at radius 3 is 3.00 bits per heavy atom. The quantitative estimate of drug-likeness (QED) is 0.904. The molecule has 0 aromatic carbocycles. The fourth-order valence-electron chi connectivity index (χ4n) is 3.30. The summed E-state index contributed by atoms with van der Waals surface area (Å²) in [6, 6.07) is 0.363. The normalized spacial score (nSPS) is 24.3. The van der Waals surface area contributed by atoms with Gasteiger partial charge >= 0.3 is 0 Å². The van der Waals surface area contributed by atoms with E-state index in [1.807, 2.05) is 6.92 Å². The lowest BCUT2D eigenvalue weighted by Crippen LogP contribution is -2.56. The molecule has 0 spiro atoms. The van der Waals surface area contributed by atoms with Crippen LogP contribution in [-0.2, 0) is 16.1 Å². The highest BCUT2D eigenvalue weighted by molar-refractivity contribution is 5.82. The van der Waals surface area contributed by atoms with Gasteiger partial charge in [-0.2, -0.15) is 0 Å². The third-order valence-corrected chi connectivity index (χ3v) is 4.53. The Morgan fingerprint density at radius 2 is 2.29 bits per heavy atom. The van der Waals surface area contributed by atoms with E-state index in [2.05, 4.69) is 15.2 Å². The van der Waals surface area contributed by atoms with Crippen LogP contribution in [0.4, 0.5) is 0 Å². The molecular weight excluding hydrogens is 270 g/mol. The van der Waals surface area contributed by atoms with Crippen molar-refractivity contribution in [3.05, 3.63) is 17.8 Å². The van der Waals surface area contributed by atoms with E-state index in [-0.39, 0.29) is 11.9 Å². The first-order valence-electron chi connectivity index (χ1n) is 7.76. The number of hydrogen-bond donors (Lipinski definition) is 1. The van der Waals surface area contributed by atoms with E-state index in [1.165, 1.54) is 32.1 Å². The van der Waals surface area contributed by atoms with Crippen LogP contribution in [0, 0.1) is 6.92 Å². The Kier molecular flexibility index (Phi) is 4.55. The zero-order chi connectivity index (χ0) is 14.7. The van der Waals surface area contributed by atoms with Crippen LogP contribution in [0.25, 0.3) is 0 Å². The number of oxazole rings is 1. The molecular formula is C15H23N3O3. The number of morpholine rings is 1. The largest absolute Gasteiger partial charge is 0.446 e. The number of rotatable bonds is 4. The highest BCUT2D eigenvalue weighted by Crippen LogP contribution is 2.26. The third kappa shape index (κ3) is 3.27. The summed E-state index contributed by atoms with van der Waals surface area (Å²) in [5.41, 5.74) is 0.822. The lowest BCUT2D eigenvalue weighted by Gasteiger charge is -2.38. The maximum atomic E-state index is 12.5. The summed E-state index contributed by atoms with van der Waals surface area (Å²) >= 11 is 0. The van der Waals surface area contributed by atoms with Crippen LogP contribution in [0.15, 0.2) is 10.8 Å². The molecule has 1 unspecified atom stereocenters. The standard InChI is InChI=1S/C15H23N3O3/c1-11-14(21-10-17-11)8-16-15(19)13-9-20-7-6-18(13)12-4-2-3-5-12/h10,12-13H,2-9H2,1H3,(H,16,19). The Hall–Kier alpha value is -1.40. The number of ether oxygens (including phenoxy) is 1. The molecule has 1 aliphatic carbocycles. The van der Waals surface area contributed by atoms with E-state index >= 15 is 0 Å². The van der Waals surface area contributed by atoms with Gasteiger partial charge < -0.3 is 14.5 Å². The molecule has 1 saturated heterocycles. The molecule has 0 radical (unpaired) electrons. The molecule has 1 saturated carbocycles. The number of amides is 1. The van der Waals surface area contributed by atoms with Crippen molar-refractivity contribution in [2.75, 3.05) is 19.8 Å². The van der Waals surface area contributed by atoms with Crippen molar-refractivity contribution in [2.24, 2.45) is 0 Å². The van der Waals surface area contributed by atoms with E-state index in [9.17, 15) is 4.79 Å². The van der Waals surface area contributed by atoms with Crippen molar-refractivity contribution in [3.8, 4) is 0 Å². The second kappa shape index (κ2) is 6.58. The highest BCUT2D eigenvalue weighted by atomic mass is 16.5. The van der Waals surface area contributed by atoms with Gasteiger partial charge in [-0.25, -0.2) is 4.98 Å². The highest BCUT2D eigenvalue weighted by Gasteiger charge is 2.35. The second-order valence-corrected chi connectivity index (χ2v) is 5.85. The number of hydrogen-bond acceptors (Lipinski definition) is 5. The molecule has 1 aromatic rings. The van der Waals surface area contributed by atoms with Gasteiger partial charge in [-0.15, -0.1) is 0 Å². The lowest BCUT2D eigenvalue weighted by atomic mass is 10.1. The summed E-state index contributed by atoms with van der Waals surface area (Å²) in [6.45, 7) is 4.32. The van der Waals surface area contributed by atoms with E-state index < -0.39 is 0 Å². The first kappa shape index (κ1) is 14.5. The number of aryl methyl sites for hydroxylation is 1. The van der Waals surface area contributed by atoms with Crippen LogP contribution in [-0.4, -0.2) is 47.6 Å². The number of carbonyl (C=O) groups is 1. The minimum Gasteiger partial charge on any atom is -0.446 e. The Balaban J connectivity index is 1.59. The fraction of sp³-hybridized carbons (Fsp3) is 0.733. The maximum Gasteiger partial charge on any atom is 0.240 e. The van der Waals surface area contributed by atoms with Crippen LogP contribution < -0.4 is 5.32 Å². The number of carbonyl (C=O) groups excluding carboxylic acids is 1. The fourth-order valence-corrected chi connectivity index (χ4v) is 3.30. The Bertz CT molecular complexity index is 482. The van der Waals surface area contributed by atoms with Gasteiger partial charge in [0.25, 0.3) is 0 Å². The molecule has 1 aliphatic heterocycles. The van der Waals surface area contributed by atoms with Crippen LogP contribution in [0.3, 0.4) is 0 Å². The van der Waals surface area contributed by atoms with E-state index in [1.54, 1.807) is 0 Å². The van der Waals surface area contributed by atoms with Crippen LogP contribution >= 0.6 is 0 Å². The Labute approximate surface area is 124 Å². The SMILES string of the molecule is Cc1ncoc1CNC(=O)C1COCCN1C1CCCC1. The molecule has 1 amide bonds. The molecule has 2 heterocycles. The minimum absolute atomic E-state index is 0.0254. The molecule has 116 valence electrons. The van der Waals surface area contributed by atoms with E-state index in [0.29, 0.717) is 25.0 Å². The predicted molar refractivity (Wildman–Crippen MR) is 76.7 cm³/mol. The van der Waals surface area contributed by atoms with E-state index in [4.69, 9.17) is 9.15 Å². The Morgan fingerprint density at radius 1 is 1.48 bits per heavy atom. The van der Waals surface area contributed by atoms with Crippen molar-refractivity contribution >= 4 is 5.91 Å². The maximum absolute atomic E-state index is 12.5. The molecule has 1 aromatic heterocycles. The molecule has 1 N–H and O–H groups in total. The summed E-state index contributed by atoms with van der Waals surface area (Å²) in [4.78, 5) is 18.8. The number of aromatic nitrogens is 1. The summed E-state index contributed by atoms with van der Waals surface area (Å²) in [7, 11) is 0. The van der Waals surface area contributed by atoms with Gasteiger partial charge in [-0.05, 0) is 19.8 Å². The number of nitrogens with zero attached hydrogens (tertiary/aromatic N) is 2. The van der Waals surface area contributed by atoms with Gasteiger partial charge in [-0.3, -0.25) is 9.69 Å². The predicted octanol–water partition coefficient (Wildman–Crippen LogP) is 1.24. The molecule has 2 aliphatic rings. The summed E-state index contributed by atoms with van der Waals surface area (Å²) < 4.78 is 10.8. The van der Waals surface area contributed by atoms with Crippen molar-refractivity contribution in [1.82, 2.24) is 15.2 Å². The summed E-state index contributed by atoms with van der Waals surface area (Å²) in [6.07, 6.45) is 6.35. The van der Waals surface area contributed by atoms with Gasteiger partial charge in [0.2, 0.25) is 5.91 Å². The zero-order valence-corrected chi connectivity index (χ0v) is 12.5. The zero-order valence-electron chi connectivity index (χ0n) is 12.5. The minimum atomic E-state index is -0.176. The van der Waals surface area contributed by atoms with Crippen molar-refractivity contribution < 1.29 is 13.9 Å². The molecule has 6 nitrogen and oxygen atoms in total. The molecule has 2 fully saturated rings. The smallest absolute Gasteiger partial charge is 0.240 e. The summed E-state index contributed by atoms with van der Waals surface area (Å²) in [5, 5.41) is 2.95. The van der Waals surface area contributed by atoms with Crippen LogP contribution in [0.2, 0.25) is 0 Å². The van der Waals surface area contributed by atoms with Crippen LogP contribution in [0.1, 0.15) is 37.1 Å². The average molecular weight is 293 g/mol. The topological polar surface area (TPSA) is 67.6 Å². The van der Waals surface area contributed by atoms with Gasteiger partial charge in [0.05, 0.1) is 25.5 Å². The van der Waals surface area contributed by atoms with Crippen molar-refractivity contribution in [2.45, 2.75) is 51.2 Å². The molecule has 3 rings (SSSR count). The van der Waals surface area contributed by atoms with E-state index in [0.717, 1.165) is 18.8 Å². The number of nitrogens with one attached hydrogen (secondary N) is 1. The second-order valence-electron chi connectivity index (χ2n) is 5.85. The molecule has 0 bridgehead atoms. The van der Waals surface area contributed by atoms with Crippen LogP contribution in [0.5, 0.6) is 0 Å². The van der Waals surface area contributed by atoms with Gasteiger partial charge in [0.15, 0.2) is 6.39 Å². The first-order chi connectivity index (χ1) is 10.3. The third-order valence-electron chi connectivity index (χ3n) is 4.53. The average Bonchev–Trinajstić information content (AvgIpc) is 3.16. The van der Waals surface area contributed by atoms with Gasteiger partial charge in [0.1, 0.15) is 11.8 Å². The van der Waals surface area contributed by atoms with Crippen molar-refractivity contribution in [3.63, 3.8) is 0 Å². The molecule has 6 heteroatoms. The first-order valence-corrected chi connectivity index (χ1v) is 7.76. The van der Waals surface area contributed by atoms with Crippen molar-refractivity contribution in [1.29, 1.82) is 0 Å². The molecule has 21 heavy (non-hydrogen) atoms. The lowest BCUT2D eigenvalue weighted by molar-refractivity contribution is -0.134.